The Kier molecular flexibility index (Phi) is 4.65. The molecular weight excluding hydrogens is 254 g/mol. The molecule has 20 heavy (non-hydrogen) atoms. The molecule has 0 aliphatic heterocycles. The van der Waals surface area contributed by atoms with E-state index in [-0.39, 0.29) is 5.91 Å². The lowest BCUT2D eigenvalue weighted by Crippen LogP contribution is -2.46. The Balaban J connectivity index is 1.89. The van der Waals surface area contributed by atoms with Crippen LogP contribution >= 0.6 is 0 Å². The first-order chi connectivity index (χ1) is 9.50. The molecule has 1 saturated carbocycles. The number of hydrogen-bond acceptors (Lipinski definition) is 3. The third kappa shape index (κ3) is 3.73. The van der Waals surface area contributed by atoms with Crippen LogP contribution in [0.1, 0.15) is 32.6 Å². The van der Waals surface area contributed by atoms with E-state index in [1.807, 2.05) is 30.3 Å². The zero-order chi connectivity index (χ0) is 14.6. The second kappa shape index (κ2) is 6.27. The molecule has 1 unspecified atom stereocenters. The van der Waals surface area contributed by atoms with Gasteiger partial charge in [-0.1, -0.05) is 31.0 Å². The number of rotatable bonds is 5. The largest absolute Gasteiger partial charge is 0.481 e. The molecule has 110 valence electrons. The van der Waals surface area contributed by atoms with Crippen LogP contribution in [0, 0.1) is 0 Å². The summed E-state index contributed by atoms with van der Waals surface area (Å²) < 4.78 is 5.62. The molecule has 1 aliphatic rings. The van der Waals surface area contributed by atoms with Crippen molar-refractivity contribution < 1.29 is 14.6 Å². The minimum atomic E-state index is -0.711. The summed E-state index contributed by atoms with van der Waals surface area (Å²) in [7, 11) is 1.73. The number of para-hydroxylation sites is 1. The summed E-state index contributed by atoms with van der Waals surface area (Å²) in [6.07, 6.45) is 3.08. The van der Waals surface area contributed by atoms with Gasteiger partial charge >= 0.3 is 0 Å². The maximum atomic E-state index is 12.3. The smallest absolute Gasteiger partial charge is 0.263 e. The predicted octanol–water partition coefficient (Wildman–Crippen LogP) is 2.22. The normalized spacial score (nSPS) is 18.6. The van der Waals surface area contributed by atoms with Gasteiger partial charge in [-0.15, -0.1) is 0 Å². The van der Waals surface area contributed by atoms with E-state index in [1.54, 1.807) is 18.9 Å². The van der Waals surface area contributed by atoms with Crippen LogP contribution in [0.4, 0.5) is 0 Å². The van der Waals surface area contributed by atoms with Crippen molar-refractivity contribution in [2.75, 3.05) is 13.6 Å². The van der Waals surface area contributed by atoms with Crippen LogP contribution in [0.3, 0.4) is 0 Å². The summed E-state index contributed by atoms with van der Waals surface area (Å²) >= 11 is 0. The van der Waals surface area contributed by atoms with Gasteiger partial charge in [0.25, 0.3) is 5.91 Å². The minimum absolute atomic E-state index is 0.103. The zero-order valence-electron chi connectivity index (χ0n) is 12.2. The number of carbonyl (C=O) groups is 1. The lowest BCUT2D eigenvalue weighted by Gasteiger charge is -2.30. The second-order valence-electron chi connectivity index (χ2n) is 5.70. The average molecular weight is 277 g/mol. The Morgan fingerprint density at radius 2 is 1.95 bits per heavy atom. The van der Waals surface area contributed by atoms with Gasteiger partial charge in [-0.3, -0.25) is 4.79 Å². The summed E-state index contributed by atoms with van der Waals surface area (Å²) in [5, 5.41) is 10.3. The maximum Gasteiger partial charge on any atom is 0.263 e. The fraction of sp³-hybridized carbons (Fsp3) is 0.562. The zero-order valence-corrected chi connectivity index (χ0v) is 12.2. The van der Waals surface area contributed by atoms with Crippen molar-refractivity contribution >= 4 is 5.91 Å². The molecule has 0 radical (unpaired) electrons. The number of likely N-dealkylation sites (N-methyl/N-ethyl adjacent to an activating group) is 1. The maximum absolute atomic E-state index is 12.3. The van der Waals surface area contributed by atoms with Crippen LogP contribution in [0.25, 0.3) is 0 Å². The predicted molar refractivity (Wildman–Crippen MR) is 77.6 cm³/mol. The van der Waals surface area contributed by atoms with Crippen molar-refractivity contribution in [1.29, 1.82) is 0 Å². The molecule has 1 aromatic carbocycles. The van der Waals surface area contributed by atoms with Crippen molar-refractivity contribution in [2.45, 2.75) is 44.3 Å². The van der Waals surface area contributed by atoms with Gasteiger partial charge < -0.3 is 14.7 Å². The summed E-state index contributed by atoms with van der Waals surface area (Å²) in [4.78, 5) is 13.8. The molecular formula is C16H23NO3. The van der Waals surface area contributed by atoms with Crippen molar-refractivity contribution in [3.8, 4) is 5.75 Å². The Labute approximate surface area is 120 Å². The van der Waals surface area contributed by atoms with E-state index < -0.39 is 11.7 Å². The van der Waals surface area contributed by atoms with Gasteiger partial charge in [-0.25, -0.2) is 0 Å². The first-order valence-corrected chi connectivity index (χ1v) is 7.19. The Bertz CT molecular complexity index is 440. The highest BCUT2D eigenvalue weighted by atomic mass is 16.5. The summed E-state index contributed by atoms with van der Waals surface area (Å²) in [5.74, 6) is 0.579. The third-order valence-corrected chi connectivity index (χ3v) is 3.85. The molecule has 0 bridgehead atoms. The first-order valence-electron chi connectivity index (χ1n) is 7.19. The van der Waals surface area contributed by atoms with Crippen LogP contribution < -0.4 is 4.74 Å². The molecule has 0 saturated heterocycles. The Hall–Kier alpha value is -1.55. The quantitative estimate of drug-likeness (QED) is 0.897. The Morgan fingerprint density at radius 3 is 2.55 bits per heavy atom. The Morgan fingerprint density at radius 1 is 1.35 bits per heavy atom. The van der Waals surface area contributed by atoms with E-state index in [2.05, 4.69) is 0 Å². The highest BCUT2D eigenvalue weighted by Gasteiger charge is 2.34. The van der Waals surface area contributed by atoms with Crippen LogP contribution in [-0.2, 0) is 4.79 Å². The molecule has 0 spiro atoms. The average Bonchev–Trinajstić information content (AvgIpc) is 2.85. The molecule has 0 aromatic heterocycles. The van der Waals surface area contributed by atoms with Crippen molar-refractivity contribution in [3.63, 3.8) is 0 Å². The number of carbonyl (C=O) groups excluding carboxylic acids is 1. The number of benzene rings is 1. The first kappa shape index (κ1) is 14.9. The van der Waals surface area contributed by atoms with E-state index >= 15 is 0 Å². The van der Waals surface area contributed by atoms with Gasteiger partial charge in [0, 0.05) is 13.6 Å². The number of amides is 1. The molecule has 1 aromatic rings. The second-order valence-corrected chi connectivity index (χ2v) is 5.70. The molecule has 1 atom stereocenters. The van der Waals surface area contributed by atoms with Crippen molar-refractivity contribution in [2.24, 2.45) is 0 Å². The number of ether oxygens (including phenoxy) is 1. The van der Waals surface area contributed by atoms with E-state index in [1.165, 1.54) is 0 Å². The number of aliphatic hydroxyl groups is 1. The summed E-state index contributed by atoms with van der Waals surface area (Å²) in [6.45, 7) is 2.12. The van der Waals surface area contributed by atoms with Gasteiger partial charge in [-0.2, -0.15) is 0 Å². The van der Waals surface area contributed by atoms with E-state index in [0.29, 0.717) is 12.3 Å². The minimum Gasteiger partial charge on any atom is -0.481 e. The molecule has 4 heteroatoms. The molecule has 1 fully saturated rings. The van der Waals surface area contributed by atoms with Crippen LogP contribution in [0.5, 0.6) is 5.75 Å². The highest BCUT2D eigenvalue weighted by molar-refractivity contribution is 5.80. The topological polar surface area (TPSA) is 49.8 Å². The van der Waals surface area contributed by atoms with Gasteiger partial charge in [0.1, 0.15) is 5.75 Å². The molecule has 1 aliphatic carbocycles. The molecule has 1 amide bonds. The van der Waals surface area contributed by atoms with E-state index in [9.17, 15) is 9.90 Å². The lowest BCUT2D eigenvalue weighted by molar-refractivity contribution is -0.139. The molecule has 4 nitrogen and oxygen atoms in total. The van der Waals surface area contributed by atoms with Gasteiger partial charge in [-0.05, 0) is 31.9 Å². The molecule has 0 heterocycles. The summed E-state index contributed by atoms with van der Waals surface area (Å²) in [5.41, 5.74) is -0.711. The summed E-state index contributed by atoms with van der Waals surface area (Å²) in [6, 6.07) is 9.30. The lowest BCUT2D eigenvalue weighted by atomic mass is 10.0. The third-order valence-electron chi connectivity index (χ3n) is 3.85. The van der Waals surface area contributed by atoms with Crippen LogP contribution in [-0.4, -0.2) is 41.2 Å². The van der Waals surface area contributed by atoms with Crippen molar-refractivity contribution in [3.05, 3.63) is 30.3 Å². The van der Waals surface area contributed by atoms with E-state index in [0.717, 1.165) is 25.7 Å². The van der Waals surface area contributed by atoms with E-state index in [4.69, 9.17) is 4.74 Å². The van der Waals surface area contributed by atoms with Gasteiger partial charge in [0.05, 0.1) is 5.60 Å². The standard InChI is InChI=1S/C16H23NO3/c1-13(20-14-8-4-3-5-9-14)15(18)17(2)12-16(19)10-6-7-11-16/h3-5,8-9,13,19H,6-7,10-12H2,1-2H3. The highest BCUT2D eigenvalue weighted by Crippen LogP contribution is 2.30. The van der Waals surface area contributed by atoms with Crippen LogP contribution in [0.2, 0.25) is 0 Å². The van der Waals surface area contributed by atoms with Gasteiger partial charge in [0.2, 0.25) is 0 Å². The monoisotopic (exact) mass is 277 g/mol. The van der Waals surface area contributed by atoms with Gasteiger partial charge in [0.15, 0.2) is 6.10 Å². The number of hydrogen-bond donors (Lipinski definition) is 1. The fourth-order valence-electron chi connectivity index (χ4n) is 2.77. The fourth-order valence-corrected chi connectivity index (χ4v) is 2.77. The SMILES string of the molecule is CC(Oc1ccccc1)C(=O)N(C)CC1(O)CCCC1. The van der Waals surface area contributed by atoms with Crippen molar-refractivity contribution in [1.82, 2.24) is 4.90 Å². The molecule has 1 N–H and O–H groups in total. The molecule has 2 rings (SSSR count). The number of nitrogens with zero attached hydrogens (tertiary/aromatic N) is 1. The van der Waals surface area contributed by atoms with Crippen LogP contribution in [0.15, 0.2) is 30.3 Å².